The fourth-order valence-electron chi connectivity index (χ4n) is 1.92. The SMILES string of the molecule is CC(C)CN(CC(=O)O)CC(=O)N(CCC#N)CCC#N. The van der Waals surface area contributed by atoms with E-state index in [0.29, 0.717) is 6.54 Å². The highest BCUT2D eigenvalue weighted by Crippen LogP contribution is 2.02. The van der Waals surface area contributed by atoms with Crippen LogP contribution in [0.3, 0.4) is 0 Å². The van der Waals surface area contributed by atoms with Crippen molar-refractivity contribution in [3.63, 3.8) is 0 Å². The van der Waals surface area contributed by atoms with E-state index in [-0.39, 0.29) is 50.8 Å². The van der Waals surface area contributed by atoms with Gasteiger partial charge in [0.1, 0.15) is 0 Å². The highest BCUT2D eigenvalue weighted by molar-refractivity contribution is 5.79. The van der Waals surface area contributed by atoms with Crippen molar-refractivity contribution in [2.45, 2.75) is 26.7 Å². The minimum atomic E-state index is -0.982. The Bertz CT molecular complexity index is 405. The van der Waals surface area contributed by atoms with Crippen LogP contribution in [0, 0.1) is 28.6 Å². The molecule has 0 aliphatic heterocycles. The van der Waals surface area contributed by atoms with Gasteiger partial charge >= 0.3 is 5.97 Å². The monoisotopic (exact) mass is 294 g/mol. The molecule has 0 unspecified atom stereocenters. The van der Waals surface area contributed by atoms with Gasteiger partial charge in [-0.05, 0) is 5.92 Å². The lowest BCUT2D eigenvalue weighted by Gasteiger charge is -2.26. The van der Waals surface area contributed by atoms with Gasteiger partial charge in [-0.15, -0.1) is 0 Å². The van der Waals surface area contributed by atoms with Gasteiger partial charge in [0.25, 0.3) is 0 Å². The number of carboxylic acid groups (broad SMARTS) is 1. The van der Waals surface area contributed by atoms with E-state index in [0.717, 1.165) is 0 Å². The van der Waals surface area contributed by atoms with E-state index >= 15 is 0 Å². The molecule has 1 N–H and O–H groups in total. The topological polar surface area (TPSA) is 108 Å². The van der Waals surface area contributed by atoms with Crippen molar-refractivity contribution < 1.29 is 14.7 Å². The molecule has 0 aliphatic rings. The lowest BCUT2D eigenvalue weighted by molar-refractivity contribution is -0.139. The number of nitrogens with zero attached hydrogens (tertiary/aromatic N) is 4. The van der Waals surface area contributed by atoms with E-state index < -0.39 is 5.97 Å². The Morgan fingerprint density at radius 2 is 1.62 bits per heavy atom. The van der Waals surface area contributed by atoms with Crippen LogP contribution in [0.4, 0.5) is 0 Å². The smallest absolute Gasteiger partial charge is 0.317 e. The second kappa shape index (κ2) is 10.6. The van der Waals surface area contributed by atoms with Gasteiger partial charge in [0, 0.05) is 19.6 Å². The summed E-state index contributed by atoms with van der Waals surface area (Å²) >= 11 is 0. The fraction of sp³-hybridized carbons (Fsp3) is 0.714. The minimum absolute atomic E-state index is 0.0126. The van der Waals surface area contributed by atoms with E-state index in [4.69, 9.17) is 15.6 Å². The summed E-state index contributed by atoms with van der Waals surface area (Å²) in [5.41, 5.74) is 0. The van der Waals surface area contributed by atoms with E-state index in [9.17, 15) is 9.59 Å². The molecule has 0 heterocycles. The first kappa shape index (κ1) is 18.9. The highest BCUT2D eigenvalue weighted by Gasteiger charge is 2.19. The maximum absolute atomic E-state index is 12.2. The molecule has 0 aromatic carbocycles. The number of nitriles is 2. The molecule has 0 saturated heterocycles. The molecular formula is C14H22N4O3. The van der Waals surface area contributed by atoms with Crippen LogP contribution < -0.4 is 0 Å². The quantitative estimate of drug-likeness (QED) is 0.635. The van der Waals surface area contributed by atoms with Gasteiger partial charge in [-0.3, -0.25) is 14.5 Å². The van der Waals surface area contributed by atoms with E-state index in [1.165, 1.54) is 4.90 Å². The van der Waals surface area contributed by atoms with Crippen molar-refractivity contribution in [1.29, 1.82) is 10.5 Å². The van der Waals surface area contributed by atoms with Crippen LogP contribution in [0.15, 0.2) is 0 Å². The Morgan fingerprint density at radius 3 is 2.00 bits per heavy atom. The maximum Gasteiger partial charge on any atom is 0.317 e. The largest absolute Gasteiger partial charge is 0.480 e. The average Bonchev–Trinajstić information content (AvgIpc) is 2.37. The van der Waals surface area contributed by atoms with Gasteiger partial charge in [0.2, 0.25) is 5.91 Å². The number of rotatable bonds is 10. The zero-order valence-electron chi connectivity index (χ0n) is 12.6. The van der Waals surface area contributed by atoms with Crippen LogP contribution in [0.5, 0.6) is 0 Å². The number of amides is 1. The molecule has 116 valence electrons. The molecule has 0 aromatic rings. The van der Waals surface area contributed by atoms with Crippen molar-refractivity contribution in [2.75, 3.05) is 32.7 Å². The number of carbonyl (C=O) groups excluding carboxylic acids is 1. The summed E-state index contributed by atoms with van der Waals surface area (Å²) in [6.45, 7) is 4.71. The second-order valence-electron chi connectivity index (χ2n) is 5.15. The molecule has 1 amide bonds. The third kappa shape index (κ3) is 9.42. The van der Waals surface area contributed by atoms with Gasteiger partial charge < -0.3 is 10.0 Å². The summed E-state index contributed by atoms with van der Waals surface area (Å²) in [7, 11) is 0. The first-order valence-electron chi connectivity index (χ1n) is 6.86. The van der Waals surface area contributed by atoms with Crippen LogP contribution in [0.25, 0.3) is 0 Å². The molecular weight excluding hydrogens is 272 g/mol. The summed E-state index contributed by atoms with van der Waals surface area (Å²) in [6.07, 6.45) is 0.389. The standard InChI is InChI=1S/C14H22N4O3/c1-12(2)9-17(11-14(20)21)10-13(19)18(7-3-5-15)8-4-6-16/h12H,3-4,7-11H2,1-2H3,(H,20,21). The first-order chi connectivity index (χ1) is 9.90. The molecule has 0 spiro atoms. The van der Waals surface area contributed by atoms with E-state index in [1.807, 2.05) is 26.0 Å². The average molecular weight is 294 g/mol. The van der Waals surface area contributed by atoms with Crippen molar-refractivity contribution in [1.82, 2.24) is 9.80 Å². The minimum Gasteiger partial charge on any atom is -0.480 e. The molecule has 0 radical (unpaired) electrons. The van der Waals surface area contributed by atoms with Gasteiger partial charge in [-0.1, -0.05) is 13.8 Å². The molecule has 21 heavy (non-hydrogen) atoms. The first-order valence-corrected chi connectivity index (χ1v) is 6.86. The summed E-state index contributed by atoms with van der Waals surface area (Å²) in [5.74, 6) is -0.990. The number of hydrogen-bond donors (Lipinski definition) is 1. The van der Waals surface area contributed by atoms with E-state index in [1.54, 1.807) is 4.90 Å². The summed E-state index contributed by atoms with van der Waals surface area (Å²) < 4.78 is 0. The van der Waals surface area contributed by atoms with Crippen LogP contribution in [0.2, 0.25) is 0 Å². The molecule has 0 atom stereocenters. The Balaban J connectivity index is 4.67. The number of carboxylic acids is 1. The number of aliphatic carboxylic acids is 1. The fourth-order valence-corrected chi connectivity index (χ4v) is 1.92. The van der Waals surface area contributed by atoms with Crippen LogP contribution in [0.1, 0.15) is 26.7 Å². The molecule has 0 rings (SSSR count). The normalized spacial score (nSPS) is 10.2. The van der Waals surface area contributed by atoms with Crippen molar-refractivity contribution in [2.24, 2.45) is 5.92 Å². The Labute approximate surface area is 125 Å². The Hall–Kier alpha value is -2.12. The molecule has 7 nitrogen and oxygen atoms in total. The van der Waals surface area contributed by atoms with Crippen LogP contribution in [-0.2, 0) is 9.59 Å². The molecule has 0 saturated carbocycles. The molecule has 7 heteroatoms. The number of carbonyl (C=O) groups is 2. The zero-order chi connectivity index (χ0) is 16.3. The highest BCUT2D eigenvalue weighted by atomic mass is 16.4. The van der Waals surface area contributed by atoms with Gasteiger partial charge in [0.15, 0.2) is 0 Å². The van der Waals surface area contributed by atoms with Crippen molar-refractivity contribution in [3.8, 4) is 12.1 Å². The van der Waals surface area contributed by atoms with Crippen molar-refractivity contribution in [3.05, 3.63) is 0 Å². The molecule has 0 fully saturated rings. The van der Waals surface area contributed by atoms with Gasteiger partial charge in [-0.25, -0.2) is 0 Å². The molecule has 0 aromatic heterocycles. The van der Waals surface area contributed by atoms with Crippen LogP contribution in [-0.4, -0.2) is 59.5 Å². The lowest BCUT2D eigenvalue weighted by Crippen LogP contribution is -2.44. The lowest BCUT2D eigenvalue weighted by atomic mass is 10.2. The summed E-state index contributed by atoms with van der Waals surface area (Å²) in [5, 5.41) is 26.1. The third-order valence-corrected chi connectivity index (χ3v) is 2.68. The zero-order valence-corrected chi connectivity index (χ0v) is 12.6. The number of hydrogen-bond acceptors (Lipinski definition) is 5. The molecule has 0 aliphatic carbocycles. The molecule has 0 bridgehead atoms. The van der Waals surface area contributed by atoms with E-state index in [2.05, 4.69) is 0 Å². The maximum atomic E-state index is 12.2. The van der Waals surface area contributed by atoms with Gasteiger partial charge in [-0.2, -0.15) is 10.5 Å². The summed E-state index contributed by atoms with van der Waals surface area (Å²) in [4.78, 5) is 26.1. The third-order valence-electron chi connectivity index (χ3n) is 2.68. The second-order valence-corrected chi connectivity index (χ2v) is 5.15. The Morgan fingerprint density at radius 1 is 1.10 bits per heavy atom. The Kier molecular flexibility index (Phi) is 9.57. The van der Waals surface area contributed by atoms with Gasteiger partial charge in [0.05, 0.1) is 38.1 Å². The summed E-state index contributed by atoms with van der Waals surface area (Å²) in [6, 6.07) is 3.93. The van der Waals surface area contributed by atoms with Crippen molar-refractivity contribution >= 4 is 11.9 Å². The van der Waals surface area contributed by atoms with Crippen LogP contribution >= 0.6 is 0 Å². The predicted molar refractivity (Wildman–Crippen MR) is 76.0 cm³/mol. The predicted octanol–water partition coefficient (Wildman–Crippen LogP) is 0.685.